The molecule has 232 valence electrons. The second-order valence-corrected chi connectivity index (χ2v) is 12.2. The average molecular weight is 575 g/mol. The van der Waals surface area contributed by atoms with Crippen molar-refractivity contribution in [1.82, 2.24) is 16.0 Å². The first kappa shape index (κ1) is 31.9. The van der Waals surface area contributed by atoms with E-state index in [1.807, 2.05) is 13.0 Å². The molecule has 40 heavy (non-hydrogen) atoms. The summed E-state index contributed by atoms with van der Waals surface area (Å²) in [6.45, 7) is 3.82. The van der Waals surface area contributed by atoms with Crippen LogP contribution in [0.5, 0.6) is 0 Å². The third-order valence-corrected chi connectivity index (χ3v) is 8.83. The SMILES string of the molecule is CNCC1=CC[C@@H](N)[C@@H](O[C@H]2[C@H](O)[C@@H](O[C@H]3OC[C@](C)(O)[C@H](NC)[C@H]3O)[C@H](NC(C)C3(O)CC(N)C3)C[C@@H]2N)O1. The Morgan fingerprint density at radius 2 is 1.73 bits per heavy atom. The van der Waals surface area contributed by atoms with Crippen LogP contribution in [0, 0.1) is 0 Å². The molecule has 14 heteroatoms. The van der Waals surface area contributed by atoms with Crippen LogP contribution in [-0.4, -0.2) is 132 Å². The van der Waals surface area contributed by atoms with Crippen molar-refractivity contribution < 1.29 is 39.4 Å². The molecule has 4 rings (SSSR count). The van der Waals surface area contributed by atoms with Crippen molar-refractivity contribution in [3.05, 3.63) is 11.8 Å². The van der Waals surface area contributed by atoms with Gasteiger partial charge in [0.15, 0.2) is 6.29 Å². The summed E-state index contributed by atoms with van der Waals surface area (Å²) < 4.78 is 24.1. The Hall–Kier alpha value is -0.980. The molecule has 13 N–H and O–H groups in total. The lowest BCUT2D eigenvalue weighted by molar-refractivity contribution is -0.305. The molecule has 0 aromatic heterocycles. The van der Waals surface area contributed by atoms with Gasteiger partial charge in [0.05, 0.1) is 30.8 Å². The molecule has 2 aliphatic heterocycles. The molecule has 2 aliphatic carbocycles. The molecular weight excluding hydrogens is 524 g/mol. The Morgan fingerprint density at radius 3 is 2.35 bits per heavy atom. The molecule has 0 amide bonds. The second-order valence-electron chi connectivity index (χ2n) is 12.2. The predicted octanol–water partition coefficient (Wildman–Crippen LogP) is -3.72. The fourth-order valence-electron chi connectivity index (χ4n) is 6.39. The van der Waals surface area contributed by atoms with Crippen molar-refractivity contribution in [2.45, 2.75) is 124 Å². The highest BCUT2D eigenvalue weighted by atomic mass is 16.7. The first-order chi connectivity index (χ1) is 18.8. The van der Waals surface area contributed by atoms with E-state index in [4.69, 9.17) is 36.1 Å². The predicted molar refractivity (Wildman–Crippen MR) is 146 cm³/mol. The molecule has 3 fully saturated rings. The number of hydrogen-bond donors (Lipinski definition) is 10. The number of aliphatic hydroxyl groups excluding tert-OH is 2. The number of ether oxygens (including phenoxy) is 4. The van der Waals surface area contributed by atoms with Gasteiger partial charge in [0.2, 0.25) is 6.29 Å². The molecule has 12 atom stereocenters. The van der Waals surface area contributed by atoms with Gasteiger partial charge in [0.1, 0.15) is 35.8 Å². The smallest absolute Gasteiger partial charge is 0.215 e. The normalized spacial score (nSPS) is 48.6. The van der Waals surface area contributed by atoms with Crippen molar-refractivity contribution in [3.63, 3.8) is 0 Å². The fourth-order valence-corrected chi connectivity index (χ4v) is 6.39. The van der Waals surface area contributed by atoms with Crippen LogP contribution < -0.4 is 33.2 Å². The lowest BCUT2D eigenvalue weighted by Gasteiger charge is -2.51. The van der Waals surface area contributed by atoms with E-state index in [0.29, 0.717) is 38.0 Å². The highest BCUT2D eigenvalue weighted by Gasteiger charge is 2.53. The maximum atomic E-state index is 11.6. The van der Waals surface area contributed by atoms with Crippen molar-refractivity contribution in [2.75, 3.05) is 27.2 Å². The summed E-state index contributed by atoms with van der Waals surface area (Å²) in [5, 5.41) is 53.7. The van der Waals surface area contributed by atoms with Crippen molar-refractivity contribution in [1.29, 1.82) is 0 Å². The molecule has 0 spiro atoms. The van der Waals surface area contributed by atoms with Crippen molar-refractivity contribution in [3.8, 4) is 0 Å². The minimum Gasteiger partial charge on any atom is -0.467 e. The average Bonchev–Trinajstić information content (AvgIpc) is 2.86. The van der Waals surface area contributed by atoms with E-state index in [-0.39, 0.29) is 18.7 Å². The number of likely N-dealkylation sites (N-methyl/N-ethyl adjacent to an activating group) is 2. The first-order valence-electron chi connectivity index (χ1n) is 14.2. The zero-order valence-corrected chi connectivity index (χ0v) is 23.9. The Labute approximate surface area is 235 Å². The molecule has 1 unspecified atom stereocenters. The number of rotatable bonds is 10. The van der Waals surface area contributed by atoms with Crippen molar-refractivity contribution >= 4 is 0 Å². The van der Waals surface area contributed by atoms with Gasteiger partial charge in [-0.25, -0.2) is 0 Å². The van der Waals surface area contributed by atoms with Gasteiger partial charge in [-0.05, 0) is 59.7 Å². The van der Waals surface area contributed by atoms with Gasteiger partial charge in [-0.2, -0.15) is 0 Å². The maximum Gasteiger partial charge on any atom is 0.215 e. The standard InChI is InChI=1S/C26H50N6O8/c1-12(26(36)8-13(27)9-26)32-17-7-16(29)20(39-23-15(28)6-5-14(38-23)10-30-3)18(33)21(17)40-24-19(34)22(31-4)25(2,35)11-37-24/h5,12-13,15-24,30-36H,6-11,27-29H2,1-4H3/t12?,13?,15-,16+,17-,18+,19-,20-,21+,22-,23-,24-,25+,26?/m1/s1. The highest BCUT2D eigenvalue weighted by Crippen LogP contribution is 2.36. The molecule has 1 saturated heterocycles. The van der Waals surface area contributed by atoms with E-state index in [2.05, 4.69) is 16.0 Å². The molecule has 0 aromatic rings. The molecule has 2 heterocycles. The van der Waals surface area contributed by atoms with Gasteiger partial charge >= 0.3 is 0 Å². The molecule has 14 nitrogen and oxygen atoms in total. The quantitative estimate of drug-likeness (QED) is 0.121. The summed E-state index contributed by atoms with van der Waals surface area (Å²) in [5.41, 5.74) is 16.4. The maximum absolute atomic E-state index is 11.6. The topological polar surface area (TPSA) is 232 Å². The molecule has 0 bridgehead atoms. The summed E-state index contributed by atoms with van der Waals surface area (Å²) in [4.78, 5) is 0. The largest absolute Gasteiger partial charge is 0.467 e. The van der Waals surface area contributed by atoms with Crippen LogP contribution in [0.4, 0.5) is 0 Å². The van der Waals surface area contributed by atoms with E-state index in [1.165, 1.54) is 0 Å². The molecule has 2 saturated carbocycles. The van der Waals surface area contributed by atoms with Gasteiger partial charge in [0.25, 0.3) is 0 Å². The van der Waals surface area contributed by atoms with E-state index in [1.54, 1.807) is 21.0 Å². The summed E-state index contributed by atoms with van der Waals surface area (Å²) in [6.07, 6.45) is -2.73. The molecule has 4 aliphatic rings. The lowest BCUT2D eigenvalue weighted by atomic mass is 9.71. The van der Waals surface area contributed by atoms with Crippen LogP contribution in [0.25, 0.3) is 0 Å². The van der Waals surface area contributed by atoms with Gasteiger partial charge in [-0.3, -0.25) is 0 Å². The number of hydrogen-bond acceptors (Lipinski definition) is 14. The number of nitrogens with two attached hydrogens (primary N) is 3. The molecule has 0 aromatic carbocycles. The van der Waals surface area contributed by atoms with Crippen LogP contribution in [0.15, 0.2) is 11.8 Å². The summed E-state index contributed by atoms with van der Waals surface area (Å²) in [7, 11) is 3.43. The monoisotopic (exact) mass is 574 g/mol. The summed E-state index contributed by atoms with van der Waals surface area (Å²) >= 11 is 0. The third kappa shape index (κ3) is 6.64. The minimum atomic E-state index is -1.33. The first-order valence-corrected chi connectivity index (χ1v) is 14.2. The van der Waals surface area contributed by atoms with Crippen LogP contribution in [0.2, 0.25) is 0 Å². The number of nitrogens with one attached hydrogen (secondary N) is 3. The van der Waals surface area contributed by atoms with Crippen LogP contribution in [0.3, 0.4) is 0 Å². The Morgan fingerprint density at radius 1 is 1.05 bits per heavy atom. The van der Waals surface area contributed by atoms with Crippen molar-refractivity contribution in [2.24, 2.45) is 17.2 Å². The van der Waals surface area contributed by atoms with Crippen LogP contribution >= 0.6 is 0 Å². The van der Waals surface area contributed by atoms with Gasteiger partial charge in [-0.15, -0.1) is 0 Å². The van der Waals surface area contributed by atoms with E-state index >= 15 is 0 Å². The second kappa shape index (κ2) is 12.7. The molecule has 0 radical (unpaired) electrons. The Balaban J connectivity index is 1.53. The van der Waals surface area contributed by atoms with Gasteiger partial charge in [0, 0.05) is 24.2 Å². The van der Waals surface area contributed by atoms with E-state index in [9.17, 15) is 20.4 Å². The third-order valence-electron chi connectivity index (χ3n) is 8.83. The summed E-state index contributed by atoms with van der Waals surface area (Å²) in [5.74, 6) is 0.685. The van der Waals surface area contributed by atoms with Crippen LogP contribution in [-0.2, 0) is 18.9 Å². The minimum absolute atomic E-state index is 0.0723. The lowest BCUT2D eigenvalue weighted by Crippen LogP contribution is -2.71. The number of aliphatic hydroxyl groups is 4. The van der Waals surface area contributed by atoms with E-state index in [0.717, 1.165) is 0 Å². The van der Waals surface area contributed by atoms with Gasteiger partial charge < -0.3 is 72.5 Å². The van der Waals surface area contributed by atoms with Crippen LogP contribution in [0.1, 0.15) is 39.5 Å². The molecular formula is C26H50N6O8. The zero-order valence-electron chi connectivity index (χ0n) is 23.9. The zero-order chi connectivity index (χ0) is 29.4. The Bertz CT molecular complexity index is 876. The van der Waals surface area contributed by atoms with E-state index < -0.39 is 72.4 Å². The summed E-state index contributed by atoms with van der Waals surface area (Å²) in [6, 6.07) is -2.82. The highest BCUT2D eigenvalue weighted by molar-refractivity contribution is 5.08. The fraction of sp³-hybridized carbons (Fsp3) is 0.923. The van der Waals surface area contributed by atoms with Gasteiger partial charge in [-0.1, -0.05) is 0 Å². The Kier molecular flexibility index (Phi) is 10.2.